The van der Waals surface area contributed by atoms with Crippen LogP contribution in [0, 0.1) is 0 Å². The number of azide groups is 1. The van der Waals surface area contributed by atoms with Crippen molar-refractivity contribution >= 4 is 17.3 Å². The Morgan fingerprint density at radius 1 is 1.55 bits per heavy atom. The quantitative estimate of drug-likeness (QED) is 0.281. The summed E-state index contributed by atoms with van der Waals surface area (Å²) >= 11 is 5.56. The van der Waals surface area contributed by atoms with Gasteiger partial charge in [-0.2, -0.15) is 0 Å². The van der Waals surface area contributed by atoms with Crippen LogP contribution in [-0.2, 0) is 5.88 Å². The molecule has 0 N–H and O–H groups in total. The zero-order valence-corrected chi connectivity index (χ0v) is 6.49. The summed E-state index contributed by atoms with van der Waals surface area (Å²) < 4.78 is 0. The molecule has 11 heavy (non-hydrogen) atoms. The summed E-state index contributed by atoms with van der Waals surface area (Å²) in [7, 11) is 0. The third-order valence-electron chi connectivity index (χ3n) is 1.23. The van der Waals surface area contributed by atoms with Gasteiger partial charge in [0.25, 0.3) is 0 Å². The molecule has 0 saturated carbocycles. The van der Waals surface area contributed by atoms with Gasteiger partial charge >= 0.3 is 0 Å². The molecule has 0 unspecified atom stereocenters. The summed E-state index contributed by atoms with van der Waals surface area (Å²) in [5.41, 5.74) is 9.67. The first-order valence-electron chi connectivity index (χ1n) is 3.07. The Balaban J connectivity index is 3.00. The smallest absolute Gasteiger partial charge is 0.0474 e. The molecular formula is C7H6ClN3. The Hall–Kier alpha value is -1.18. The van der Waals surface area contributed by atoms with Crippen LogP contribution in [0.3, 0.4) is 0 Å². The molecule has 0 bridgehead atoms. The molecule has 4 heteroatoms. The molecule has 0 fully saturated rings. The number of rotatable bonds is 2. The van der Waals surface area contributed by atoms with Crippen LogP contribution >= 0.6 is 11.6 Å². The second-order valence-corrected chi connectivity index (χ2v) is 2.26. The summed E-state index contributed by atoms with van der Waals surface area (Å²) in [4.78, 5) is 2.66. The molecule has 0 atom stereocenters. The molecule has 0 spiro atoms. The fraction of sp³-hybridized carbons (Fsp3) is 0.143. The predicted molar refractivity (Wildman–Crippen MR) is 44.8 cm³/mol. The monoisotopic (exact) mass is 167 g/mol. The van der Waals surface area contributed by atoms with Crippen molar-refractivity contribution in [2.75, 3.05) is 0 Å². The average Bonchev–Trinajstić information content (AvgIpc) is 2.06. The fourth-order valence-electron chi connectivity index (χ4n) is 0.753. The Kier molecular flexibility index (Phi) is 2.78. The minimum Gasteiger partial charge on any atom is -0.122 e. The van der Waals surface area contributed by atoms with Crippen molar-refractivity contribution in [3.8, 4) is 0 Å². The lowest BCUT2D eigenvalue weighted by Gasteiger charge is -1.94. The molecule has 0 amide bonds. The van der Waals surface area contributed by atoms with E-state index in [1.807, 2.05) is 12.1 Å². The second-order valence-electron chi connectivity index (χ2n) is 1.99. The number of benzene rings is 1. The summed E-state index contributed by atoms with van der Waals surface area (Å²) in [6.45, 7) is 0. The molecule has 1 rings (SSSR count). The largest absolute Gasteiger partial charge is 0.122 e. The van der Waals surface area contributed by atoms with Crippen molar-refractivity contribution in [3.63, 3.8) is 0 Å². The van der Waals surface area contributed by atoms with Gasteiger partial charge < -0.3 is 0 Å². The third kappa shape index (κ3) is 2.15. The van der Waals surface area contributed by atoms with Gasteiger partial charge in [0.1, 0.15) is 0 Å². The summed E-state index contributed by atoms with van der Waals surface area (Å²) in [5, 5.41) is 3.44. The Morgan fingerprint density at radius 3 is 3.00 bits per heavy atom. The van der Waals surface area contributed by atoms with Crippen molar-refractivity contribution in [2.45, 2.75) is 5.88 Å². The van der Waals surface area contributed by atoms with E-state index in [9.17, 15) is 0 Å². The predicted octanol–water partition coefficient (Wildman–Crippen LogP) is 3.37. The standard InChI is InChI=1S/C7H6ClN3/c8-5-6-2-1-3-7(4-6)10-11-9/h1-4H,5H2. The molecule has 3 nitrogen and oxygen atoms in total. The second kappa shape index (κ2) is 3.86. The lowest BCUT2D eigenvalue weighted by atomic mass is 10.2. The van der Waals surface area contributed by atoms with Crippen molar-refractivity contribution in [1.82, 2.24) is 0 Å². The molecule has 0 aliphatic carbocycles. The van der Waals surface area contributed by atoms with Crippen LogP contribution in [0.25, 0.3) is 10.4 Å². The van der Waals surface area contributed by atoms with E-state index in [-0.39, 0.29) is 0 Å². The Bertz CT molecular complexity index is 291. The molecule has 0 aliphatic heterocycles. The fourth-order valence-corrected chi connectivity index (χ4v) is 0.920. The van der Waals surface area contributed by atoms with Crippen LogP contribution in [0.1, 0.15) is 5.56 Å². The maximum Gasteiger partial charge on any atom is 0.0474 e. The van der Waals surface area contributed by atoms with E-state index in [1.54, 1.807) is 12.1 Å². The number of halogens is 1. The Morgan fingerprint density at radius 2 is 2.36 bits per heavy atom. The van der Waals surface area contributed by atoms with Gasteiger partial charge in [-0.15, -0.1) is 11.6 Å². The highest BCUT2D eigenvalue weighted by molar-refractivity contribution is 6.17. The van der Waals surface area contributed by atoms with Gasteiger partial charge in [0, 0.05) is 16.5 Å². The maximum atomic E-state index is 8.11. The van der Waals surface area contributed by atoms with E-state index in [0.29, 0.717) is 11.6 Å². The number of nitrogens with zero attached hydrogens (tertiary/aromatic N) is 3. The Labute approximate surface area is 69.2 Å². The lowest BCUT2D eigenvalue weighted by Crippen LogP contribution is -1.73. The van der Waals surface area contributed by atoms with E-state index in [1.165, 1.54) is 0 Å². The number of hydrogen-bond donors (Lipinski definition) is 0. The number of alkyl halides is 1. The van der Waals surface area contributed by atoms with Gasteiger partial charge in [0.2, 0.25) is 0 Å². The van der Waals surface area contributed by atoms with E-state index >= 15 is 0 Å². The topological polar surface area (TPSA) is 48.8 Å². The van der Waals surface area contributed by atoms with Crippen LogP contribution in [-0.4, -0.2) is 0 Å². The minimum absolute atomic E-state index is 0.439. The molecule has 0 radical (unpaired) electrons. The molecule has 1 aromatic rings. The van der Waals surface area contributed by atoms with Crippen LogP contribution in [0.15, 0.2) is 29.4 Å². The summed E-state index contributed by atoms with van der Waals surface area (Å²) in [6.07, 6.45) is 0. The highest BCUT2D eigenvalue weighted by atomic mass is 35.5. The SMILES string of the molecule is [N-]=[N+]=Nc1cccc(CCl)c1. The van der Waals surface area contributed by atoms with Crippen LogP contribution in [0.2, 0.25) is 0 Å². The normalized spacial score (nSPS) is 8.82. The number of hydrogen-bond acceptors (Lipinski definition) is 1. The van der Waals surface area contributed by atoms with Gasteiger partial charge in [0.15, 0.2) is 0 Å². The van der Waals surface area contributed by atoms with E-state index in [2.05, 4.69) is 10.0 Å². The first-order chi connectivity index (χ1) is 5.36. The highest BCUT2D eigenvalue weighted by Gasteiger charge is 1.90. The van der Waals surface area contributed by atoms with Crippen LogP contribution < -0.4 is 0 Å². The molecule has 56 valence electrons. The van der Waals surface area contributed by atoms with Crippen LogP contribution in [0.5, 0.6) is 0 Å². The molecule has 0 saturated heterocycles. The highest BCUT2D eigenvalue weighted by Crippen LogP contribution is 2.15. The lowest BCUT2D eigenvalue weighted by molar-refractivity contribution is 1.37. The average molecular weight is 168 g/mol. The van der Waals surface area contributed by atoms with Gasteiger partial charge in [0.05, 0.1) is 0 Å². The molecule has 0 heterocycles. The zero-order chi connectivity index (χ0) is 8.10. The van der Waals surface area contributed by atoms with E-state index in [4.69, 9.17) is 17.1 Å². The van der Waals surface area contributed by atoms with Gasteiger partial charge in [-0.1, -0.05) is 23.3 Å². The first-order valence-corrected chi connectivity index (χ1v) is 3.60. The van der Waals surface area contributed by atoms with Crippen LogP contribution in [0.4, 0.5) is 5.69 Å². The van der Waals surface area contributed by atoms with Gasteiger partial charge in [-0.3, -0.25) is 0 Å². The molecular weight excluding hydrogens is 162 g/mol. The summed E-state index contributed by atoms with van der Waals surface area (Å²) in [5.74, 6) is 0.439. The molecule has 1 aromatic carbocycles. The summed E-state index contributed by atoms with van der Waals surface area (Å²) in [6, 6.07) is 7.17. The van der Waals surface area contributed by atoms with Gasteiger partial charge in [-0.25, -0.2) is 0 Å². The van der Waals surface area contributed by atoms with Crippen molar-refractivity contribution < 1.29 is 0 Å². The van der Waals surface area contributed by atoms with Gasteiger partial charge in [-0.05, 0) is 17.2 Å². The third-order valence-corrected chi connectivity index (χ3v) is 1.53. The first kappa shape index (κ1) is 7.92. The zero-order valence-electron chi connectivity index (χ0n) is 5.74. The van der Waals surface area contributed by atoms with Crippen molar-refractivity contribution in [2.24, 2.45) is 5.11 Å². The van der Waals surface area contributed by atoms with E-state index < -0.39 is 0 Å². The van der Waals surface area contributed by atoms with E-state index in [0.717, 1.165) is 5.56 Å². The molecule has 0 aliphatic rings. The molecule has 0 aromatic heterocycles. The van der Waals surface area contributed by atoms with Crippen molar-refractivity contribution in [1.29, 1.82) is 0 Å². The maximum absolute atomic E-state index is 8.11. The van der Waals surface area contributed by atoms with Crippen molar-refractivity contribution in [3.05, 3.63) is 40.3 Å². The minimum atomic E-state index is 0.439.